The van der Waals surface area contributed by atoms with E-state index in [1.165, 1.54) is 12.1 Å². The third-order valence-corrected chi connectivity index (χ3v) is 3.88. The van der Waals surface area contributed by atoms with Crippen molar-refractivity contribution in [1.29, 1.82) is 0 Å². The molecule has 0 bridgehead atoms. The van der Waals surface area contributed by atoms with Gasteiger partial charge in [-0.05, 0) is 24.3 Å². The van der Waals surface area contributed by atoms with Crippen molar-refractivity contribution >= 4 is 17.7 Å². The van der Waals surface area contributed by atoms with Crippen LogP contribution >= 0.6 is 11.8 Å². The van der Waals surface area contributed by atoms with Gasteiger partial charge < -0.3 is 10.2 Å². The molecule has 1 heterocycles. The second kappa shape index (κ2) is 6.75. The highest BCUT2D eigenvalue weighted by Gasteiger charge is 2.15. The fraction of sp³-hybridized carbons (Fsp3) is 0.462. The van der Waals surface area contributed by atoms with Crippen molar-refractivity contribution in [3.8, 4) is 0 Å². The number of carbonyl (C=O) groups is 1. The van der Waals surface area contributed by atoms with E-state index in [9.17, 15) is 9.18 Å². The molecule has 0 unspecified atom stereocenters. The van der Waals surface area contributed by atoms with Gasteiger partial charge in [0.15, 0.2) is 0 Å². The zero-order chi connectivity index (χ0) is 12.8. The van der Waals surface area contributed by atoms with Gasteiger partial charge in [-0.15, -0.1) is 11.8 Å². The number of amides is 1. The summed E-state index contributed by atoms with van der Waals surface area (Å²) in [6, 6.07) is 6.38. The molecule has 0 aliphatic carbocycles. The summed E-state index contributed by atoms with van der Waals surface area (Å²) in [6.45, 7) is 3.38. The minimum absolute atomic E-state index is 0.214. The van der Waals surface area contributed by atoms with Crippen LogP contribution in [0.3, 0.4) is 0 Å². The van der Waals surface area contributed by atoms with Crippen molar-refractivity contribution in [1.82, 2.24) is 10.2 Å². The Morgan fingerprint density at radius 1 is 1.28 bits per heavy atom. The molecule has 1 fully saturated rings. The molecule has 5 heteroatoms. The highest BCUT2D eigenvalue weighted by molar-refractivity contribution is 7.99. The summed E-state index contributed by atoms with van der Waals surface area (Å²) in [5.74, 6) is 0.733. The minimum atomic E-state index is -0.226. The van der Waals surface area contributed by atoms with Crippen LogP contribution in [0.15, 0.2) is 29.2 Å². The fourth-order valence-corrected chi connectivity index (χ4v) is 2.70. The maximum absolute atomic E-state index is 12.7. The van der Waals surface area contributed by atoms with Gasteiger partial charge in [0.25, 0.3) is 0 Å². The lowest BCUT2D eigenvalue weighted by atomic mass is 10.3. The summed E-state index contributed by atoms with van der Waals surface area (Å²) < 4.78 is 12.7. The number of hydrogen-bond donors (Lipinski definition) is 1. The highest BCUT2D eigenvalue weighted by atomic mass is 32.2. The quantitative estimate of drug-likeness (QED) is 0.844. The van der Waals surface area contributed by atoms with Gasteiger partial charge in [0, 0.05) is 43.2 Å². The van der Waals surface area contributed by atoms with Crippen molar-refractivity contribution in [3.63, 3.8) is 0 Å². The fourth-order valence-electron chi connectivity index (χ4n) is 1.86. The van der Waals surface area contributed by atoms with Crippen molar-refractivity contribution in [3.05, 3.63) is 30.1 Å². The van der Waals surface area contributed by atoms with Crippen LogP contribution in [0, 0.1) is 5.82 Å². The molecule has 1 saturated heterocycles. The third-order valence-electron chi connectivity index (χ3n) is 2.87. The Morgan fingerprint density at radius 3 is 2.61 bits per heavy atom. The van der Waals surface area contributed by atoms with E-state index in [4.69, 9.17) is 0 Å². The van der Waals surface area contributed by atoms with Crippen LogP contribution in [-0.4, -0.2) is 42.7 Å². The number of nitrogens with zero attached hydrogens (tertiary/aromatic N) is 1. The van der Waals surface area contributed by atoms with E-state index in [0.29, 0.717) is 6.42 Å². The van der Waals surface area contributed by atoms with E-state index in [1.54, 1.807) is 23.9 Å². The molecule has 1 N–H and O–H groups in total. The van der Waals surface area contributed by atoms with Crippen LogP contribution < -0.4 is 5.32 Å². The van der Waals surface area contributed by atoms with E-state index >= 15 is 0 Å². The van der Waals surface area contributed by atoms with E-state index in [0.717, 1.165) is 36.8 Å². The van der Waals surface area contributed by atoms with Gasteiger partial charge in [-0.2, -0.15) is 0 Å². The second-order valence-electron chi connectivity index (χ2n) is 4.18. The Hall–Kier alpha value is -1.07. The van der Waals surface area contributed by atoms with Gasteiger partial charge in [0.2, 0.25) is 5.91 Å². The maximum atomic E-state index is 12.7. The molecule has 18 heavy (non-hydrogen) atoms. The Kier molecular flexibility index (Phi) is 5.01. The molecule has 0 atom stereocenters. The lowest BCUT2D eigenvalue weighted by Crippen LogP contribution is -2.46. The first kappa shape index (κ1) is 13.4. The Labute approximate surface area is 111 Å². The van der Waals surface area contributed by atoms with Crippen LogP contribution in [0.5, 0.6) is 0 Å². The minimum Gasteiger partial charge on any atom is -0.340 e. The molecule has 0 spiro atoms. The molecule has 1 aromatic carbocycles. The summed E-state index contributed by atoms with van der Waals surface area (Å²) >= 11 is 1.59. The van der Waals surface area contributed by atoms with E-state index in [-0.39, 0.29) is 11.7 Å². The molecule has 0 radical (unpaired) electrons. The van der Waals surface area contributed by atoms with E-state index < -0.39 is 0 Å². The average molecular weight is 268 g/mol. The molecular formula is C13H17FN2OS. The average Bonchev–Trinajstić information content (AvgIpc) is 2.42. The number of nitrogens with one attached hydrogen (secondary N) is 1. The van der Waals surface area contributed by atoms with Crippen LogP contribution in [0.2, 0.25) is 0 Å². The molecule has 0 aromatic heterocycles. The number of carbonyl (C=O) groups excluding carboxylic acids is 1. The monoisotopic (exact) mass is 268 g/mol. The Balaban J connectivity index is 1.71. The molecule has 1 aromatic rings. The lowest BCUT2D eigenvalue weighted by molar-refractivity contribution is -0.131. The van der Waals surface area contributed by atoms with E-state index in [2.05, 4.69) is 5.32 Å². The Bertz CT molecular complexity index is 390. The summed E-state index contributed by atoms with van der Waals surface area (Å²) in [5, 5.41) is 3.22. The topological polar surface area (TPSA) is 32.3 Å². The van der Waals surface area contributed by atoms with Gasteiger partial charge in [0.05, 0.1) is 0 Å². The van der Waals surface area contributed by atoms with Gasteiger partial charge >= 0.3 is 0 Å². The van der Waals surface area contributed by atoms with Crippen LogP contribution in [0.4, 0.5) is 4.39 Å². The molecular weight excluding hydrogens is 251 g/mol. The first-order valence-corrected chi connectivity index (χ1v) is 7.11. The van der Waals surface area contributed by atoms with Crippen molar-refractivity contribution in [2.45, 2.75) is 11.3 Å². The zero-order valence-electron chi connectivity index (χ0n) is 10.2. The van der Waals surface area contributed by atoms with Crippen LogP contribution in [-0.2, 0) is 4.79 Å². The number of halogens is 1. The number of thioether (sulfide) groups is 1. The number of piperazine rings is 1. The SMILES string of the molecule is O=C(CCSc1ccc(F)cc1)N1CCNCC1. The first-order chi connectivity index (χ1) is 8.75. The van der Waals surface area contributed by atoms with Gasteiger partial charge in [0.1, 0.15) is 5.82 Å². The standard InChI is InChI=1S/C13H17FN2OS/c14-11-1-3-12(4-2-11)18-10-5-13(17)16-8-6-15-7-9-16/h1-4,15H,5-10H2. The molecule has 98 valence electrons. The molecule has 1 aliphatic rings. The zero-order valence-corrected chi connectivity index (χ0v) is 11.0. The number of rotatable bonds is 4. The van der Waals surface area contributed by atoms with Crippen molar-refractivity contribution in [2.75, 3.05) is 31.9 Å². The van der Waals surface area contributed by atoms with Crippen LogP contribution in [0.25, 0.3) is 0 Å². The number of hydrogen-bond acceptors (Lipinski definition) is 3. The van der Waals surface area contributed by atoms with Gasteiger partial charge in [-0.25, -0.2) is 4.39 Å². The smallest absolute Gasteiger partial charge is 0.223 e. The summed E-state index contributed by atoms with van der Waals surface area (Å²) in [6.07, 6.45) is 0.544. The predicted molar refractivity (Wildman–Crippen MR) is 71.2 cm³/mol. The lowest BCUT2D eigenvalue weighted by Gasteiger charge is -2.27. The van der Waals surface area contributed by atoms with Crippen molar-refractivity contribution < 1.29 is 9.18 Å². The van der Waals surface area contributed by atoms with Gasteiger partial charge in [-0.3, -0.25) is 4.79 Å². The van der Waals surface area contributed by atoms with Crippen molar-refractivity contribution in [2.24, 2.45) is 0 Å². The molecule has 0 saturated carbocycles. The predicted octanol–water partition coefficient (Wildman–Crippen LogP) is 1.74. The first-order valence-electron chi connectivity index (χ1n) is 6.12. The van der Waals surface area contributed by atoms with Crippen LogP contribution in [0.1, 0.15) is 6.42 Å². The molecule has 2 rings (SSSR count). The van der Waals surface area contributed by atoms with Gasteiger partial charge in [-0.1, -0.05) is 0 Å². The second-order valence-corrected chi connectivity index (χ2v) is 5.35. The Morgan fingerprint density at radius 2 is 1.94 bits per heavy atom. The largest absolute Gasteiger partial charge is 0.340 e. The van der Waals surface area contributed by atoms with E-state index in [1.807, 2.05) is 4.90 Å². The summed E-state index contributed by atoms with van der Waals surface area (Å²) in [4.78, 5) is 14.8. The highest BCUT2D eigenvalue weighted by Crippen LogP contribution is 2.19. The molecule has 1 aliphatic heterocycles. The normalized spacial score (nSPS) is 15.7. The molecule has 3 nitrogen and oxygen atoms in total. The number of benzene rings is 1. The summed E-state index contributed by atoms with van der Waals surface area (Å²) in [7, 11) is 0. The third kappa shape index (κ3) is 3.99. The summed E-state index contributed by atoms with van der Waals surface area (Å²) in [5.41, 5.74) is 0. The molecule has 1 amide bonds. The maximum Gasteiger partial charge on any atom is 0.223 e.